The third-order valence-corrected chi connectivity index (χ3v) is 3.08. The van der Waals surface area contributed by atoms with Crippen LogP contribution in [0.2, 0.25) is 0 Å². The van der Waals surface area contributed by atoms with E-state index in [4.69, 9.17) is 5.11 Å². The van der Waals surface area contributed by atoms with Crippen molar-refractivity contribution in [2.24, 2.45) is 0 Å². The van der Waals surface area contributed by atoms with E-state index in [9.17, 15) is 9.59 Å². The second-order valence-corrected chi connectivity index (χ2v) is 5.02. The fourth-order valence-corrected chi connectivity index (χ4v) is 2.05. The molecule has 2 N–H and O–H groups in total. The lowest BCUT2D eigenvalue weighted by Crippen LogP contribution is -2.12. The molecule has 21 heavy (non-hydrogen) atoms. The van der Waals surface area contributed by atoms with Crippen LogP contribution in [0.4, 0.5) is 5.69 Å². The molecule has 0 fully saturated rings. The van der Waals surface area contributed by atoms with Crippen LogP contribution in [0.25, 0.3) is 6.08 Å². The van der Waals surface area contributed by atoms with Crippen molar-refractivity contribution in [1.29, 1.82) is 0 Å². The summed E-state index contributed by atoms with van der Waals surface area (Å²) in [6.07, 6.45) is 5.63. The Bertz CT molecular complexity index is 714. The quantitative estimate of drug-likeness (QED) is 0.833. The Balaban J connectivity index is 2.10. The van der Waals surface area contributed by atoms with Crippen molar-refractivity contribution in [2.45, 2.75) is 0 Å². The number of rotatable bonds is 4. The van der Waals surface area contributed by atoms with Crippen LogP contribution < -0.4 is 5.32 Å². The maximum absolute atomic E-state index is 11.8. The summed E-state index contributed by atoms with van der Waals surface area (Å²) in [5.41, 5.74) is 1.01. The first-order valence-corrected chi connectivity index (χ1v) is 6.77. The maximum atomic E-state index is 11.8. The van der Waals surface area contributed by atoms with Crippen molar-refractivity contribution in [3.63, 3.8) is 0 Å². The number of amides is 1. The van der Waals surface area contributed by atoms with Gasteiger partial charge >= 0.3 is 5.97 Å². The maximum Gasteiger partial charge on any atom is 0.337 e. The fraction of sp³-hybridized carbons (Fsp3) is 0. The second-order valence-electron chi connectivity index (χ2n) is 4.10. The zero-order chi connectivity index (χ0) is 15.2. The first-order valence-electron chi connectivity index (χ1n) is 5.98. The highest BCUT2D eigenvalue weighted by Gasteiger charge is 2.10. The minimum absolute atomic E-state index is 0.00537. The summed E-state index contributed by atoms with van der Waals surface area (Å²) in [5.74, 6) is -1.55. The van der Waals surface area contributed by atoms with Crippen LogP contribution in [-0.4, -0.2) is 22.0 Å². The van der Waals surface area contributed by atoms with E-state index in [2.05, 4.69) is 26.2 Å². The third-order valence-electron chi connectivity index (χ3n) is 2.59. The SMILES string of the molecule is O=C(C=Cc1cccc(Br)c1)Nc1cnccc1C(=O)O. The molecule has 1 heterocycles. The predicted molar refractivity (Wildman–Crippen MR) is 83.0 cm³/mol. The van der Waals surface area contributed by atoms with Gasteiger partial charge in [-0.25, -0.2) is 4.79 Å². The largest absolute Gasteiger partial charge is 0.478 e. The molecule has 2 aromatic rings. The average molecular weight is 347 g/mol. The summed E-state index contributed by atoms with van der Waals surface area (Å²) < 4.78 is 0.908. The Morgan fingerprint density at radius 3 is 2.81 bits per heavy atom. The number of hydrogen-bond acceptors (Lipinski definition) is 3. The number of pyridine rings is 1. The van der Waals surface area contributed by atoms with Crippen LogP contribution in [0, 0.1) is 0 Å². The summed E-state index contributed by atoms with van der Waals surface area (Å²) >= 11 is 3.34. The molecule has 0 aliphatic heterocycles. The molecule has 0 atom stereocenters. The molecule has 0 radical (unpaired) electrons. The minimum atomic E-state index is -1.12. The summed E-state index contributed by atoms with van der Waals surface area (Å²) in [5, 5.41) is 11.5. The third kappa shape index (κ3) is 4.25. The Labute approximate surface area is 129 Å². The van der Waals surface area contributed by atoms with Crippen molar-refractivity contribution >= 4 is 39.6 Å². The van der Waals surface area contributed by atoms with Crippen molar-refractivity contribution in [2.75, 3.05) is 5.32 Å². The topological polar surface area (TPSA) is 79.3 Å². The highest BCUT2D eigenvalue weighted by atomic mass is 79.9. The summed E-state index contributed by atoms with van der Waals surface area (Å²) in [4.78, 5) is 26.6. The number of benzene rings is 1. The van der Waals surface area contributed by atoms with E-state index in [1.165, 1.54) is 24.5 Å². The number of carbonyl (C=O) groups excluding carboxylic acids is 1. The second kappa shape index (κ2) is 6.81. The fourth-order valence-electron chi connectivity index (χ4n) is 1.64. The number of aromatic nitrogens is 1. The molecule has 0 bridgehead atoms. The smallest absolute Gasteiger partial charge is 0.337 e. The molecular formula is C15H11BrN2O3. The molecule has 0 saturated carbocycles. The van der Waals surface area contributed by atoms with Crippen LogP contribution in [0.15, 0.2) is 53.3 Å². The number of anilines is 1. The molecule has 6 heteroatoms. The number of halogens is 1. The zero-order valence-electron chi connectivity index (χ0n) is 10.8. The Morgan fingerprint density at radius 2 is 2.10 bits per heavy atom. The molecule has 2 rings (SSSR count). The Hall–Kier alpha value is -2.47. The molecule has 0 saturated heterocycles. The molecule has 1 aromatic heterocycles. The van der Waals surface area contributed by atoms with Gasteiger partial charge < -0.3 is 10.4 Å². The van der Waals surface area contributed by atoms with Crippen LogP contribution in [0.1, 0.15) is 15.9 Å². The van der Waals surface area contributed by atoms with Crippen LogP contribution in [-0.2, 0) is 4.79 Å². The summed E-state index contributed by atoms with van der Waals surface area (Å²) in [7, 11) is 0. The van der Waals surface area contributed by atoms with Gasteiger partial charge in [0.25, 0.3) is 0 Å². The van der Waals surface area contributed by atoms with E-state index in [0.29, 0.717) is 0 Å². The lowest BCUT2D eigenvalue weighted by molar-refractivity contribution is -0.111. The molecule has 0 aliphatic carbocycles. The number of carboxylic acid groups (broad SMARTS) is 1. The van der Waals surface area contributed by atoms with Crippen molar-refractivity contribution < 1.29 is 14.7 Å². The molecular weight excluding hydrogens is 336 g/mol. The molecule has 1 aromatic carbocycles. The zero-order valence-corrected chi connectivity index (χ0v) is 12.4. The highest BCUT2D eigenvalue weighted by molar-refractivity contribution is 9.10. The van der Waals surface area contributed by atoms with Gasteiger partial charge in [-0.15, -0.1) is 0 Å². The van der Waals surface area contributed by atoms with Gasteiger partial charge in [-0.05, 0) is 29.8 Å². The van der Waals surface area contributed by atoms with Crippen molar-refractivity contribution in [1.82, 2.24) is 4.98 Å². The molecule has 106 valence electrons. The van der Waals surface area contributed by atoms with Crippen molar-refractivity contribution in [3.05, 3.63) is 64.4 Å². The number of carboxylic acids is 1. The number of nitrogens with one attached hydrogen (secondary N) is 1. The first kappa shape index (κ1) is 14.9. The Kier molecular flexibility index (Phi) is 4.84. The summed E-state index contributed by atoms with van der Waals surface area (Å²) in [6.45, 7) is 0. The van der Waals surface area contributed by atoms with E-state index in [0.717, 1.165) is 10.0 Å². The van der Waals surface area contributed by atoms with Crippen LogP contribution in [0.5, 0.6) is 0 Å². The number of nitrogens with zero attached hydrogens (tertiary/aromatic N) is 1. The first-order chi connectivity index (χ1) is 10.1. The van der Waals surface area contributed by atoms with Gasteiger partial charge in [0.2, 0.25) is 5.91 Å². The highest BCUT2D eigenvalue weighted by Crippen LogP contribution is 2.14. The Morgan fingerprint density at radius 1 is 1.29 bits per heavy atom. The lowest BCUT2D eigenvalue weighted by Gasteiger charge is -2.05. The molecule has 0 spiro atoms. The summed E-state index contributed by atoms with van der Waals surface area (Å²) in [6, 6.07) is 8.77. The van der Waals surface area contributed by atoms with Crippen molar-refractivity contribution in [3.8, 4) is 0 Å². The predicted octanol–water partition coefficient (Wildman–Crippen LogP) is 3.19. The molecule has 5 nitrogen and oxygen atoms in total. The van der Waals surface area contributed by atoms with E-state index in [1.54, 1.807) is 6.08 Å². The molecule has 0 unspecified atom stereocenters. The van der Waals surface area contributed by atoms with Gasteiger partial charge in [0.1, 0.15) is 0 Å². The van der Waals surface area contributed by atoms with E-state index < -0.39 is 11.9 Å². The number of aromatic carboxylic acids is 1. The van der Waals surface area contributed by atoms with Gasteiger partial charge in [0, 0.05) is 16.7 Å². The number of carbonyl (C=O) groups is 2. The van der Waals surface area contributed by atoms with E-state index in [-0.39, 0.29) is 11.3 Å². The van der Waals surface area contributed by atoms with E-state index in [1.807, 2.05) is 24.3 Å². The molecule has 1 amide bonds. The lowest BCUT2D eigenvalue weighted by atomic mass is 10.2. The number of hydrogen-bond donors (Lipinski definition) is 2. The van der Waals surface area contributed by atoms with Gasteiger partial charge in [-0.2, -0.15) is 0 Å². The van der Waals surface area contributed by atoms with Crippen LogP contribution in [0.3, 0.4) is 0 Å². The standard InChI is InChI=1S/C15H11BrN2O3/c16-11-3-1-2-10(8-11)4-5-14(19)18-13-9-17-7-6-12(13)15(20)21/h1-9H,(H,18,19)(H,20,21). The normalized spacial score (nSPS) is 10.5. The monoisotopic (exact) mass is 346 g/mol. The minimum Gasteiger partial charge on any atom is -0.478 e. The van der Waals surface area contributed by atoms with Gasteiger partial charge in [-0.3, -0.25) is 9.78 Å². The van der Waals surface area contributed by atoms with Crippen LogP contribution >= 0.6 is 15.9 Å². The molecule has 0 aliphatic rings. The van der Waals surface area contributed by atoms with E-state index >= 15 is 0 Å². The van der Waals surface area contributed by atoms with Gasteiger partial charge in [-0.1, -0.05) is 28.1 Å². The van der Waals surface area contributed by atoms with Gasteiger partial charge in [0.15, 0.2) is 0 Å². The van der Waals surface area contributed by atoms with Gasteiger partial charge in [0.05, 0.1) is 17.4 Å². The average Bonchev–Trinajstić information content (AvgIpc) is 2.45.